The maximum Gasteiger partial charge on any atom is 0.180 e. The first-order chi connectivity index (χ1) is 12.8. The number of ether oxygens (including phenoxy) is 1. The Morgan fingerprint density at radius 1 is 1.30 bits per heavy atom. The van der Waals surface area contributed by atoms with Crippen molar-refractivity contribution < 1.29 is 13.2 Å². The van der Waals surface area contributed by atoms with Crippen molar-refractivity contribution in [2.75, 3.05) is 29.7 Å². The van der Waals surface area contributed by atoms with Crippen LogP contribution in [0.5, 0.6) is 5.75 Å². The first kappa shape index (κ1) is 19.3. The summed E-state index contributed by atoms with van der Waals surface area (Å²) < 4.78 is 30.6. The molecule has 0 aliphatic carbocycles. The van der Waals surface area contributed by atoms with Crippen LogP contribution in [0.15, 0.2) is 41.4 Å². The van der Waals surface area contributed by atoms with Gasteiger partial charge in [0.25, 0.3) is 0 Å². The van der Waals surface area contributed by atoms with Crippen LogP contribution in [0.3, 0.4) is 0 Å². The highest BCUT2D eigenvalue weighted by Crippen LogP contribution is 2.34. The number of likely N-dealkylation sites (N-methyl/N-ethyl adjacent to an activating group) is 1. The molecule has 1 aromatic carbocycles. The van der Waals surface area contributed by atoms with E-state index in [2.05, 4.69) is 20.5 Å². The molecule has 2 atom stereocenters. The van der Waals surface area contributed by atoms with Crippen molar-refractivity contribution in [3.63, 3.8) is 0 Å². The molecule has 0 saturated carbocycles. The fourth-order valence-corrected chi connectivity index (χ4v) is 4.29. The SMILES string of the molecule is COc1ccc(S(=O)(=O)C(C)C)cc1NC1C(C)Nc2ncccc2N1C. The highest BCUT2D eigenvalue weighted by atomic mass is 32.2. The lowest BCUT2D eigenvalue weighted by Crippen LogP contribution is -2.52. The van der Waals surface area contributed by atoms with Gasteiger partial charge in [-0.3, -0.25) is 0 Å². The number of sulfone groups is 1. The van der Waals surface area contributed by atoms with Crippen LogP contribution in [0.25, 0.3) is 0 Å². The van der Waals surface area contributed by atoms with E-state index >= 15 is 0 Å². The van der Waals surface area contributed by atoms with E-state index in [9.17, 15) is 8.42 Å². The van der Waals surface area contributed by atoms with Crippen LogP contribution in [0.4, 0.5) is 17.2 Å². The summed E-state index contributed by atoms with van der Waals surface area (Å²) in [4.78, 5) is 6.75. The minimum atomic E-state index is -3.38. The van der Waals surface area contributed by atoms with Crippen LogP contribution in [0, 0.1) is 0 Å². The molecule has 0 spiro atoms. The van der Waals surface area contributed by atoms with Gasteiger partial charge in [0.1, 0.15) is 17.7 Å². The van der Waals surface area contributed by atoms with Gasteiger partial charge in [0.05, 0.1) is 34.7 Å². The Balaban J connectivity index is 1.97. The zero-order chi connectivity index (χ0) is 19.8. The van der Waals surface area contributed by atoms with E-state index in [1.807, 2.05) is 26.1 Å². The standard InChI is InChI=1S/C19H26N4O3S/c1-12(2)27(24,25)14-8-9-17(26-5)15(11-14)22-19-13(3)21-18-16(23(19)4)7-6-10-20-18/h6-13,19,22H,1-5H3,(H,20,21). The first-order valence-electron chi connectivity index (χ1n) is 8.88. The monoisotopic (exact) mass is 390 g/mol. The molecule has 1 aliphatic heterocycles. The van der Waals surface area contributed by atoms with Crippen molar-refractivity contribution in [3.8, 4) is 5.75 Å². The molecule has 146 valence electrons. The molecule has 1 aliphatic rings. The summed E-state index contributed by atoms with van der Waals surface area (Å²) in [6, 6.07) is 8.84. The number of pyridine rings is 1. The normalized spacial score (nSPS) is 19.4. The predicted molar refractivity (Wildman–Crippen MR) is 108 cm³/mol. The van der Waals surface area contributed by atoms with E-state index in [0.717, 1.165) is 11.5 Å². The Morgan fingerprint density at radius 2 is 2.04 bits per heavy atom. The van der Waals surface area contributed by atoms with E-state index in [4.69, 9.17) is 4.74 Å². The second kappa shape index (κ2) is 7.26. The summed E-state index contributed by atoms with van der Waals surface area (Å²) in [5.74, 6) is 1.42. The Labute approximate surface area is 160 Å². The second-order valence-corrected chi connectivity index (χ2v) is 9.46. The first-order valence-corrected chi connectivity index (χ1v) is 10.4. The van der Waals surface area contributed by atoms with Crippen molar-refractivity contribution >= 4 is 27.0 Å². The third-order valence-corrected chi connectivity index (χ3v) is 7.00. The van der Waals surface area contributed by atoms with Gasteiger partial charge in [-0.2, -0.15) is 0 Å². The molecule has 8 heteroatoms. The van der Waals surface area contributed by atoms with E-state index in [1.54, 1.807) is 45.4 Å². The largest absolute Gasteiger partial charge is 0.495 e. The quantitative estimate of drug-likeness (QED) is 0.812. The number of nitrogens with zero attached hydrogens (tertiary/aromatic N) is 2. The molecule has 0 radical (unpaired) electrons. The number of hydrogen-bond donors (Lipinski definition) is 2. The predicted octanol–water partition coefficient (Wildman–Crippen LogP) is 2.96. The summed E-state index contributed by atoms with van der Waals surface area (Å²) in [6.45, 7) is 5.40. The van der Waals surface area contributed by atoms with Gasteiger partial charge in [-0.1, -0.05) is 0 Å². The topological polar surface area (TPSA) is 83.6 Å². The molecule has 7 nitrogen and oxygen atoms in total. The highest BCUT2D eigenvalue weighted by molar-refractivity contribution is 7.92. The van der Waals surface area contributed by atoms with Gasteiger partial charge < -0.3 is 20.3 Å². The van der Waals surface area contributed by atoms with Crippen molar-refractivity contribution in [1.82, 2.24) is 4.98 Å². The Kier molecular flexibility index (Phi) is 5.19. The summed E-state index contributed by atoms with van der Waals surface area (Å²) in [5, 5.41) is 6.33. The Bertz CT molecular complexity index is 930. The van der Waals surface area contributed by atoms with Crippen LogP contribution in [0.2, 0.25) is 0 Å². The lowest BCUT2D eigenvalue weighted by molar-refractivity contribution is 0.415. The molecule has 0 bridgehead atoms. The van der Waals surface area contributed by atoms with Gasteiger partial charge in [0.15, 0.2) is 9.84 Å². The minimum Gasteiger partial charge on any atom is -0.495 e. The van der Waals surface area contributed by atoms with Crippen molar-refractivity contribution in [3.05, 3.63) is 36.5 Å². The Hall–Kier alpha value is -2.48. The highest BCUT2D eigenvalue weighted by Gasteiger charge is 2.31. The van der Waals surface area contributed by atoms with Gasteiger partial charge in [0.2, 0.25) is 0 Å². The summed E-state index contributed by atoms with van der Waals surface area (Å²) in [7, 11) is 0.179. The molecule has 3 rings (SSSR count). The lowest BCUT2D eigenvalue weighted by Gasteiger charge is -2.41. The minimum absolute atomic E-state index is 0.0347. The molecule has 2 aromatic rings. The number of rotatable bonds is 5. The average Bonchev–Trinajstić information content (AvgIpc) is 2.64. The van der Waals surface area contributed by atoms with E-state index in [1.165, 1.54) is 0 Å². The van der Waals surface area contributed by atoms with Crippen molar-refractivity contribution in [2.24, 2.45) is 0 Å². The van der Waals surface area contributed by atoms with Gasteiger partial charge >= 0.3 is 0 Å². The number of anilines is 3. The zero-order valence-electron chi connectivity index (χ0n) is 16.2. The van der Waals surface area contributed by atoms with Gasteiger partial charge in [-0.15, -0.1) is 0 Å². The van der Waals surface area contributed by atoms with Crippen LogP contribution in [-0.4, -0.2) is 45.0 Å². The molecule has 2 heterocycles. The molecule has 0 amide bonds. The lowest BCUT2D eigenvalue weighted by atomic mass is 10.1. The van der Waals surface area contributed by atoms with Crippen molar-refractivity contribution in [1.29, 1.82) is 0 Å². The number of nitrogens with one attached hydrogen (secondary N) is 2. The maximum absolute atomic E-state index is 12.6. The molecule has 27 heavy (non-hydrogen) atoms. The fraction of sp³-hybridized carbons (Fsp3) is 0.421. The number of methoxy groups -OCH3 is 1. The Morgan fingerprint density at radius 3 is 2.70 bits per heavy atom. The molecule has 0 fully saturated rings. The third kappa shape index (κ3) is 3.53. The van der Waals surface area contributed by atoms with Gasteiger partial charge in [-0.05, 0) is 51.1 Å². The molecule has 0 saturated heterocycles. The van der Waals surface area contributed by atoms with Gasteiger partial charge in [0, 0.05) is 13.2 Å². The molecule has 2 N–H and O–H groups in total. The van der Waals surface area contributed by atoms with E-state index in [-0.39, 0.29) is 17.1 Å². The van der Waals surface area contributed by atoms with Crippen LogP contribution in [0.1, 0.15) is 20.8 Å². The number of hydrogen-bond acceptors (Lipinski definition) is 7. The molecular weight excluding hydrogens is 364 g/mol. The van der Waals surface area contributed by atoms with E-state index < -0.39 is 15.1 Å². The molecule has 1 aromatic heterocycles. The molecular formula is C19H26N4O3S. The summed E-state index contributed by atoms with van der Waals surface area (Å²) in [5.41, 5.74) is 1.61. The zero-order valence-corrected chi connectivity index (χ0v) is 17.0. The average molecular weight is 391 g/mol. The smallest absolute Gasteiger partial charge is 0.180 e. The third-order valence-electron chi connectivity index (χ3n) is 4.85. The maximum atomic E-state index is 12.6. The van der Waals surface area contributed by atoms with Crippen LogP contribution in [-0.2, 0) is 9.84 Å². The molecule has 2 unspecified atom stereocenters. The van der Waals surface area contributed by atoms with Gasteiger partial charge in [-0.25, -0.2) is 13.4 Å². The number of fused-ring (bicyclic) bond motifs is 1. The van der Waals surface area contributed by atoms with E-state index in [0.29, 0.717) is 11.4 Å². The fourth-order valence-electron chi connectivity index (χ4n) is 3.20. The number of aromatic nitrogens is 1. The van der Waals surface area contributed by atoms with Crippen LogP contribution >= 0.6 is 0 Å². The van der Waals surface area contributed by atoms with Crippen LogP contribution < -0.4 is 20.3 Å². The second-order valence-electron chi connectivity index (χ2n) is 6.96. The summed E-state index contributed by atoms with van der Waals surface area (Å²) in [6.07, 6.45) is 1.64. The summed E-state index contributed by atoms with van der Waals surface area (Å²) >= 11 is 0. The van der Waals surface area contributed by atoms with Crippen molar-refractivity contribution in [2.45, 2.75) is 43.1 Å². The number of benzene rings is 1.